The average Bonchev–Trinajstić information content (AvgIpc) is 3.21. The monoisotopic (exact) mass is 456 g/mol. The number of methoxy groups -OCH3 is 1. The summed E-state index contributed by atoms with van der Waals surface area (Å²) in [5, 5.41) is 14.0. The first-order chi connectivity index (χ1) is 15.0. The summed E-state index contributed by atoms with van der Waals surface area (Å²) in [6.45, 7) is 7.02. The second kappa shape index (κ2) is 10.9. The van der Waals surface area contributed by atoms with Gasteiger partial charge in [0.2, 0.25) is 0 Å². The molecule has 0 bridgehead atoms. The van der Waals surface area contributed by atoms with Gasteiger partial charge < -0.3 is 20.1 Å². The molecule has 0 saturated heterocycles. The normalized spacial score (nSPS) is 10.6. The summed E-state index contributed by atoms with van der Waals surface area (Å²) < 4.78 is 6.05. The van der Waals surface area contributed by atoms with Crippen molar-refractivity contribution in [1.29, 1.82) is 0 Å². The molecule has 2 heterocycles. The number of rotatable bonds is 10. The highest BCUT2D eigenvalue weighted by atomic mass is 32.2. The van der Waals surface area contributed by atoms with Gasteiger partial charge in [-0.3, -0.25) is 4.79 Å². The number of benzene rings is 1. The highest BCUT2D eigenvalue weighted by Gasteiger charge is 2.19. The lowest BCUT2D eigenvalue weighted by Gasteiger charge is -2.22. The van der Waals surface area contributed by atoms with Crippen LogP contribution in [0, 0.1) is 0 Å². The maximum Gasteiger partial charge on any atom is 0.254 e. The molecular weight excluding hydrogens is 432 g/mol. The van der Waals surface area contributed by atoms with Crippen LogP contribution in [0.15, 0.2) is 64.5 Å². The minimum atomic E-state index is -0.166. The van der Waals surface area contributed by atoms with Gasteiger partial charge in [-0.25, -0.2) is 9.97 Å². The summed E-state index contributed by atoms with van der Waals surface area (Å²) in [6.07, 6.45) is 3.49. The fraction of sp³-hybridized carbons (Fsp3) is 0.227. The van der Waals surface area contributed by atoms with Gasteiger partial charge in [0, 0.05) is 36.9 Å². The minimum Gasteiger partial charge on any atom is -0.508 e. The molecule has 0 aliphatic heterocycles. The zero-order valence-corrected chi connectivity index (χ0v) is 19.0. The van der Waals surface area contributed by atoms with Crippen LogP contribution in [-0.2, 0) is 4.74 Å². The Kier molecular flexibility index (Phi) is 8.05. The Labute approximate surface area is 189 Å². The number of aliphatic hydroxyl groups is 1. The molecule has 0 fully saturated rings. The molecular formula is C22H24N4O3S2. The van der Waals surface area contributed by atoms with Crippen LogP contribution in [0.4, 0.5) is 10.9 Å². The van der Waals surface area contributed by atoms with Gasteiger partial charge in [-0.2, -0.15) is 0 Å². The lowest BCUT2D eigenvalue weighted by Crippen LogP contribution is -2.34. The summed E-state index contributed by atoms with van der Waals surface area (Å²) in [4.78, 5) is 24.1. The molecule has 7 nitrogen and oxygen atoms in total. The molecule has 162 valence electrons. The Bertz CT molecular complexity index is 1040. The third-order valence-corrected chi connectivity index (χ3v) is 6.37. The van der Waals surface area contributed by atoms with E-state index in [4.69, 9.17) is 4.74 Å². The number of aliphatic hydroxyl groups excluding tert-OH is 1. The van der Waals surface area contributed by atoms with Crippen LogP contribution in [0.1, 0.15) is 22.8 Å². The minimum absolute atomic E-state index is 0.143. The average molecular weight is 457 g/mol. The molecule has 31 heavy (non-hydrogen) atoms. The van der Waals surface area contributed by atoms with E-state index in [0.29, 0.717) is 30.8 Å². The van der Waals surface area contributed by atoms with Gasteiger partial charge in [0.05, 0.1) is 22.6 Å². The van der Waals surface area contributed by atoms with Crippen LogP contribution in [-0.4, -0.2) is 52.7 Å². The number of carbonyl (C=O) groups excluding carboxylic acids is 1. The maximum atomic E-state index is 12.9. The topological polar surface area (TPSA) is 87.6 Å². The number of ether oxygens (including phenoxy) is 1. The second-order valence-electron chi connectivity index (χ2n) is 6.46. The third-order valence-electron chi connectivity index (χ3n) is 4.37. The SMILES string of the molecule is C=C(O)c1cc(Sc2cnc(Nc3ccccn3)s2)ccc1C(=O)N(CC)CCOC. The van der Waals surface area contributed by atoms with Crippen molar-refractivity contribution in [2.24, 2.45) is 0 Å². The van der Waals surface area contributed by atoms with Crippen LogP contribution >= 0.6 is 23.1 Å². The number of aromatic nitrogens is 2. The number of anilines is 2. The lowest BCUT2D eigenvalue weighted by molar-refractivity contribution is 0.0705. The smallest absolute Gasteiger partial charge is 0.254 e. The predicted octanol–water partition coefficient (Wildman–Crippen LogP) is 5.07. The fourth-order valence-corrected chi connectivity index (χ4v) is 4.71. The van der Waals surface area contributed by atoms with Crippen LogP contribution in [0.3, 0.4) is 0 Å². The quantitative estimate of drug-likeness (QED) is 0.412. The standard InChI is InChI=1S/C22H24N4O3S2/c1-4-26(11-12-29-3)21(28)17-9-8-16(13-18(17)15(2)27)30-20-14-24-22(31-20)25-19-7-5-6-10-23-19/h5-10,13-14,27H,2,4,11-12H2,1,3H3,(H,23,24,25). The van der Waals surface area contributed by atoms with E-state index in [2.05, 4.69) is 21.9 Å². The van der Waals surface area contributed by atoms with E-state index in [1.807, 2.05) is 31.2 Å². The summed E-state index contributed by atoms with van der Waals surface area (Å²) in [5.74, 6) is 0.417. The number of hydrogen-bond donors (Lipinski definition) is 2. The van der Waals surface area contributed by atoms with Crippen LogP contribution in [0.2, 0.25) is 0 Å². The molecule has 3 rings (SSSR count). The molecule has 0 spiro atoms. The first kappa shape index (κ1) is 22.8. The number of hydrogen-bond acceptors (Lipinski definition) is 8. The van der Waals surface area contributed by atoms with E-state index >= 15 is 0 Å². The largest absolute Gasteiger partial charge is 0.508 e. The summed E-state index contributed by atoms with van der Waals surface area (Å²) in [5.41, 5.74) is 0.832. The van der Waals surface area contributed by atoms with E-state index in [-0.39, 0.29) is 11.7 Å². The molecule has 0 atom stereocenters. The molecule has 0 radical (unpaired) electrons. The van der Waals surface area contributed by atoms with Crippen molar-refractivity contribution in [2.45, 2.75) is 16.0 Å². The molecule has 0 unspecified atom stereocenters. The molecule has 0 aliphatic rings. The highest BCUT2D eigenvalue weighted by molar-refractivity contribution is 8.01. The molecule has 0 saturated carbocycles. The summed E-state index contributed by atoms with van der Waals surface area (Å²) in [6, 6.07) is 11.0. The predicted molar refractivity (Wildman–Crippen MR) is 125 cm³/mol. The van der Waals surface area contributed by atoms with Crippen molar-refractivity contribution >= 4 is 45.7 Å². The number of nitrogens with zero attached hydrogens (tertiary/aromatic N) is 3. The lowest BCUT2D eigenvalue weighted by atomic mass is 10.0. The maximum absolute atomic E-state index is 12.9. The van der Waals surface area contributed by atoms with Crippen LogP contribution in [0.5, 0.6) is 0 Å². The van der Waals surface area contributed by atoms with Gasteiger partial charge in [-0.05, 0) is 37.3 Å². The van der Waals surface area contributed by atoms with Crippen molar-refractivity contribution in [1.82, 2.24) is 14.9 Å². The Morgan fingerprint density at radius 2 is 2.13 bits per heavy atom. The van der Waals surface area contributed by atoms with Gasteiger partial charge >= 0.3 is 0 Å². The number of nitrogens with one attached hydrogen (secondary N) is 1. The Balaban J connectivity index is 1.77. The van der Waals surface area contributed by atoms with Crippen molar-refractivity contribution in [3.8, 4) is 0 Å². The second-order valence-corrected chi connectivity index (χ2v) is 8.86. The first-order valence-electron chi connectivity index (χ1n) is 9.64. The fourth-order valence-electron chi connectivity index (χ4n) is 2.81. The van der Waals surface area contributed by atoms with E-state index in [1.54, 1.807) is 36.5 Å². The van der Waals surface area contributed by atoms with Crippen molar-refractivity contribution in [2.75, 3.05) is 32.1 Å². The first-order valence-corrected chi connectivity index (χ1v) is 11.3. The number of thiazole rings is 1. The molecule has 2 N–H and O–H groups in total. The molecule has 9 heteroatoms. The van der Waals surface area contributed by atoms with E-state index in [0.717, 1.165) is 20.1 Å². The van der Waals surface area contributed by atoms with Crippen molar-refractivity contribution in [3.63, 3.8) is 0 Å². The van der Waals surface area contributed by atoms with Gasteiger partial charge in [-0.1, -0.05) is 35.7 Å². The molecule has 1 aromatic carbocycles. The van der Waals surface area contributed by atoms with Gasteiger partial charge in [0.15, 0.2) is 5.13 Å². The molecule has 0 aliphatic carbocycles. The Hall–Kier alpha value is -2.88. The van der Waals surface area contributed by atoms with Crippen LogP contribution in [0.25, 0.3) is 5.76 Å². The van der Waals surface area contributed by atoms with E-state index < -0.39 is 0 Å². The summed E-state index contributed by atoms with van der Waals surface area (Å²) >= 11 is 2.99. The van der Waals surface area contributed by atoms with Gasteiger partial charge in [0.25, 0.3) is 5.91 Å². The molecule has 2 aromatic heterocycles. The van der Waals surface area contributed by atoms with E-state index in [9.17, 15) is 9.90 Å². The molecule has 3 aromatic rings. The van der Waals surface area contributed by atoms with Gasteiger partial charge in [-0.15, -0.1) is 0 Å². The summed E-state index contributed by atoms with van der Waals surface area (Å²) in [7, 11) is 1.60. The Morgan fingerprint density at radius 3 is 2.81 bits per heavy atom. The van der Waals surface area contributed by atoms with E-state index in [1.165, 1.54) is 23.1 Å². The zero-order chi connectivity index (χ0) is 22.2. The number of likely N-dealkylation sites (N-methyl/N-ethyl adjacent to an activating group) is 1. The molecule has 1 amide bonds. The zero-order valence-electron chi connectivity index (χ0n) is 17.4. The number of amides is 1. The van der Waals surface area contributed by atoms with Gasteiger partial charge in [0.1, 0.15) is 11.6 Å². The Morgan fingerprint density at radius 1 is 1.29 bits per heavy atom. The van der Waals surface area contributed by atoms with Crippen molar-refractivity contribution in [3.05, 3.63) is 66.5 Å². The highest BCUT2D eigenvalue weighted by Crippen LogP contribution is 2.36. The van der Waals surface area contributed by atoms with Crippen molar-refractivity contribution < 1.29 is 14.6 Å². The number of pyridine rings is 1. The number of carbonyl (C=O) groups is 1. The van der Waals surface area contributed by atoms with Crippen LogP contribution < -0.4 is 5.32 Å². The third kappa shape index (κ3) is 6.06.